The Morgan fingerprint density at radius 1 is 1.06 bits per heavy atom. The van der Waals surface area contributed by atoms with E-state index in [9.17, 15) is 10.0 Å². The highest BCUT2D eigenvalue weighted by Gasteiger charge is 2.27. The Balaban J connectivity index is 1.47. The number of aryl methyl sites for hydroxylation is 2. The highest BCUT2D eigenvalue weighted by atomic mass is 35.5. The number of rotatable bonds is 1. The van der Waals surface area contributed by atoms with Crippen molar-refractivity contribution in [3.8, 4) is 0 Å². The quantitative estimate of drug-likeness (QED) is 0.724. The molecule has 2 aliphatic heterocycles. The molecule has 0 radical (unpaired) electrons. The molecule has 1 aromatic heterocycles. The number of hydrogen-bond donors (Lipinski definition) is 1. The molecule has 0 unspecified atom stereocenters. The predicted octanol–water partition coefficient (Wildman–Crippen LogP) is 4.40. The highest BCUT2D eigenvalue weighted by molar-refractivity contribution is 6.30. The Labute approximate surface area is 186 Å². The maximum absolute atomic E-state index is 12.9. The van der Waals surface area contributed by atoms with E-state index in [1.54, 1.807) is 12.2 Å². The summed E-state index contributed by atoms with van der Waals surface area (Å²) in [4.78, 5) is 19.6. The number of pyridine rings is 1. The lowest BCUT2D eigenvalue weighted by Gasteiger charge is -2.31. The molecule has 3 aliphatic rings. The number of fused-ring (bicyclic) bond motifs is 2. The van der Waals surface area contributed by atoms with Crippen molar-refractivity contribution in [1.82, 2.24) is 14.9 Å². The zero-order valence-electron chi connectivity index (χ0n) is 17.2. The van der Waals surface area contributed by atoms with Gasteiger partial charge in [-0.3, -0.25) is 20.0 Å². The number of benzene rings is 1. The van der Waals surface area contributed by atoms with Gasteiger partial charge in [0.15, 0.2) is 0 Å². The molecular formula is C25H24ClN3O2. The topological polar surface area (TPSA) is 56.7 Å². The summed E-state index contributed by atoms with van der Waals surface area (Å²) in [5.41, 5.74) is 8.03. The third-order valence-electron chi connectivity index (χ3n) is 6.31. The lowest BCUT2D eigenvalue weighted by atomic mass is 9.88. The van der Waals surface area contributed by atoms with E-state index in [2.05, 4.69) is 18.2 Å². The SMILES string of the molecule is O=C(C1=CCN(O)C=C1)N1CCC(=C2c3ccc(Cl)cc3CCc3cccnc32)CC1. The summed E-state index contributed by atoms with van der Waals surface area (Å²) in [7, 11) is 0. The number of carbonyl (C=O) groups excluding carboxylic acids is 1. The second-order valence-corrected chi connectivity index (χ2v) is 8.62. The Morgan fingerprint density at radius 2 is 1.87 bits per heavy atom. The minimum atomic E-state index is 0.0278. The first-order valence-electron chi connectivity index (χ1n) is 10.7. The van der Waals surface area contributed by atoms with E-state index in [1.807, 2.05) is 23.2 Å². The molecule has 31 heavy (non-hydrogen) atoms. The summed E-state index contributed by atoms with van der Waals surface area (Å²) in [6.07, 6.45) is 10.4. The molecule has 1 aromatic carbocycles. The number of likely N-dealkylation sites (tertiary alicyclic amines) is 1. The average molecular weight is 434 g/mol. The fourth-order valence-electron chi connectivity index (χ4n) is 4.69. The first kappa shape index (κ1) is 20.0. The molecule has 0 atom stereocenters. The van der Waals surface area contributed by atoms with Crippen LogP contribution in [0, 0.1) is 0 Å². The van der Waals surface area contributed by atoms with Gasteiger partial charge in [-0.1, -0.05) is 29.3 Å². The predicted molar refractivity (Wildman–Crippen MR) is 121 cm³/mol. The van der Waals surface area contributed by atoms with E-state index >= 15 is 0 Å². The lowest BCUT2D eigenvalue weighted by Crippen LogP contribution is -2.38. The average Bonchev–Trinajstić information content (AvgIpc) is 2.96. The van der Waals surface area contributed by atoms with Crippen LogP contribution in [0.3, 0.4) is 0 Å². The summed E-state index contributed by atoms with van der Waals surface area (Å²) in [5.74, 6) is 0.0278. The number of carbonyl (C=O) groups is 1. The Morgan fingerprint density at radius 3 is 2.65 bits per heavy atom. The van der Waals surface area contributed by atoms with Gasteiger partial charge in [0.1, 0.15) is 0 Å². The molecule has 5 nitrogen and oxygen atoms in total. The van der Waals surface area contributed by atoms with Crippen LogP contribution in [0.25, 0.3) is 5.57 Å². The second kappa shape index (κ2) is 8.33. The van der Waals surface area contributed by atoms with Crippen LogP contribution < -0.4 is 0 Å². The second-order valence-electron chi connectivity index (χ2n) is 8.18. The van der Waals surface area contributed by atoms with E-state index in [0.717, 1.165) is 41.5 Å². The van der Waals surface area contributed by atoms with Gasteiger partial charge in [-0.2, -0.15) is 0 Å². The van der Waals surface area contributed by atoms with E-state index < -0.39 is 0 Å². The van der Waals surface area contributed by atoms with Crippen LogP contribution in [0.4, 0.5) is 0 Å². The molecule has 0 saturated carbocycles. The molecule has 1 fully saturated rings. The van der Waals surface area contributed by atoms with Crippen molar-refractivity contribution in [2.45, 2.75) is 25.7 Å². The number of nitrogens with zero attached hydrogens (tertiary/aromatic N) is 3. The maximum atomic E-state index is 12.9. The van der Waals surface area contributed by atoms with E-state index in [-0.39, 0.29) is 5.91 Å². The van der Waals surface area contributed by atoms with Gasteiger partial charge in [-0.05, 0) is 72.7 Å². The number of halogens is 1. The van der Waals surface area contributed by atoms with Gasteiger partial charge in [0.25, 0.3) is 5.91 Å². The van der Waals surface area contributed by atoms with Crippen molar-refractivity contribution in [3.05, 3.63) is 93.4 Å². The fraction of sp³-hybridized carbons (Fsp3) is 0.280. The van der Waals surface area contributed by atoms with E-state index in [0.29, 0.717) is 25.2 Å². The van der Waals surface area contributed by atoms with Crippen LogP contribution in [0.15, 0.2) is 66.0 Å². The number of hydroxylamine groups is 2. The summed E-state index contributed by atoms with van der Waals surface area (Å²) >= 11 is 6.31. The Hall–Kier alpha value is -2.89. The first-order chi connectivity index (χ1) is 15.1. The summed E-state index contributed by atoms with van der Waals surface area (Å²) in [5, 5.41) is 11.3. The summed E-state index contributed by atoms with van der Waals surface area (Å²) < 4.78 is 0. The van der Waals surface area contributed by atoms with Gasteiger partial charge in [0, 0.05) is 41.7 Å². The molecule has 3 heterocycles. The monoisotopic (exact) mass is 433 g/mol. The number of aromatic nitrogens is 1. The van der Waals surface area contributed by atoms with Crippen LogP contribution in [-0.2, 0) is 17.6 Å². The molecule has 6 heteroatoms. The maximum Gasteiger partial charge on any atom is 0.253 e. The third-order valence-corrected chi connectivity index (χ3v) is 6.54. The molecule has 0 spiro atoms. The van der Waals surface area contributed by atoms with Crippen molar-refractivity contribution >= 4 is 23.1 Å². The highest BCUT2D eigenvalue weighted by Crippen LogP contribution is 2.38. The summed E-state index contributed by atoms with van der Waals surface area (Å²) in [6, 6.07) is 10.3. The molecular weight excluding hydrogens is 410 g/mol. The van der Waals surface area contributed by atoms with Crippen molar-refractivity contribution < 1.29 is 10.0 Å². The van der Waals surface area contributed by atoms with Crippen molar-refractivity contribution in [2.24, 2.45) is 0 Å². The molecule has 0 bridgehead atoms. The number of hydrogen-bond acceptors (Lipinski definition) is 4. The van der Waals surface area contributed by atoms with Crippen molar-refractivity contribution in [1.29, 1.82) is 0 Å². The van der Waals surface area contributed by atoms with Gasteiger partial charge in [0.05, 0.1) is 12.2 Å². The fourth-order valence-corrected chi connectivity index (χ4v) is 4.89. The van der Waals surface area contributed by atoms with Gasteiger partial charge < -0.3 is 4.90 Å². The molecule has 1 aliphatic carbocycles. The van der Waals surface area contributed by atoms with Crippen LogP contribution in [-0.4, -0.2) is 45.7 Å². The van der Waals surface area contributed by atoms with Gasteiger partial charge in [0.2, 0.25) is 0 Å². The van der Waals surface area contributed by atoms with Gasteiger partial charge in [-0.25, -0.2) is 0 Å². The van der Waals surface area contributed by atoms with Crippen molar-refractivity contribution in [2.75, 3.05) is 19.6 Å². The smallest absolute Gasteiger partial charge is 0.253 e. The summed E-state index contributed by atoms with van der Waals surface area (Å²) in [6.45, 7) is 1.69. The van der Waals surface area contributed by atoms with Crippen LogP contribution >= 0.6 is 11.6 Å². The molecule has 1 N–H and O–H groups in total. The molecule has 1 amide bonds. The Bertz CT molecular complexity index is 1130. The molecule has 2 aromatic rings. The van der Waals surface area contributed by atoms with Gasteiger partial charge in [-0.15, -0.1) is 0 Å². The van der Waals surface area contributed by atoms with Crippen LogP contribution in [0.1, 0.15) is 35.2 Å². The zero-order valence-corrected chi connectivity index (χ0v) is 18.0. The Kier molecular flexibility index (Phi) is 5.38. The molecule has 158 valence electrons. The number of amides is 1. The third kappa shape index (κ3) is 3.91. The largest absolute Gasteiger partial charge is 0.338 e. The minimum Gasteiger partial charge on any atom is -0.338 e. The number of piperidine rings is 1. The van der Waals surface area contributed by atoms with Gasteiger partial charge >= 0.3 is 0 Å². The minimum absolute atomic E-state index is 0.0278. The molecule has 1 saturated heterocycles. The normalized spacial score (nSPS) is 18.3. The van der Waals surface area contributed by atoms with E-state index in [1.165, 1.54) is 34.0 Å². The molecule has 5 rings (SSSR count). The zero-order chi connectivity index (χ0) is 21.4. The standard InChI is InChI=1S/C25H24ClN3O2/c26-21-5-6-22-20(16-21)4-3-18-2-1-11-27-24(18)23(22)17-7-12-28(13-8-17)25(30)19-9-14-29(31)15-10-19/h1-2,5-6,9-11,14,16,31H,3-4,7-8,12-13,15H2. The first-order valence-corrected chi connectivity index (χ1v) is 11.1. The van der Waals surface area contributed by atoms with Crippen LogP contribution in [0.2, 0.25) is 5.02 Å². The van der Waals surface area contributed by atoms with E-state index in [4.69, 9.17) is 16.6 Å². The van der Waals surface area contributed by atoms with Crippen molar-refractivity contribution in [3.63, 3.8) is 0 Å². The van der Waals surface area contributed by atoms with Crippen LogP contribution in [0.5, 0.6) is 0 Å². The lowest BCUT2D eigenvalue weighted by molar-refractivity contribution is -0.127.